The minimum absolute atomic E-state index is 0.0967. The molecule has 0 saturated heterocycles. The van der Waals surface area contributed by atoms with Gasteiger partial charge in [0.25, 0.3) is 0 Å². The molecule has 204 valence electrons. The Morgan fingerprint density at radius 2 is 0.641 bits per heavy atom. The van der Waals surface area contributed by atoms with Crippen LogP contribution in [0.5, 0.6) is 35.3 Å². The Kier molecular flexibility index (Phi) is 9.53. The van der Waals surface area contributed by atoms with Crippen molar-refractivity contribution in [2.45, 2.75) is 60.8 Å². The van der Waals surface area contributed by atoms with E-state index in [-0.39, 0.29) is 18.0 Å². The first-order valence-electron chi connectivity index (χ1n) is 13.8. The Labute approximate surface area is 232 Å². The Morgan fingerprint density at radius 1 is 0.410 bits per heavy atom. The molecular formula is C33H39N3O3. The van der Waals surface area contributed by atoms with Crippen LogP contribution in [0.1, 0.15) is 58.2 Å². The first-order valence-corrected chi connectivity index (χ1v) is 13.8. The minimum atomic E-state index is 0.0967. The molecular weight excluding hydrogens is 486 g/mol. The maximum absolute atomic E-state index is 6.00. The molecule has 0 radical (unpaired) electrons. The van der Waals surface area contributed by atoms with Crippen molar-refractivity contribution in [3.8, 4) is 35.3 Å². The second-order valence-corrected chi connectivity index (χ2v) is 11.2. The second kappa shape index (κ2) is 13.2. The molecule has 1 aromatic heterocycles. The van der Waals surface area contributed by atoms with E-state index in [4.69, 9.17) is 14.2 Å². The summed E-state index contributed by atoms with van der Waals surface area (Å²) >= 11 is 0. The fraction of sp³-hybridized carbons (Fsp3) is 0.364. The van der Waals surface area contributed by atoms with E-state index in [1.807, 2.05) is 36.4 Å². The van der Waals surface area contributed by atoms with E-state index in [0.717, 1.165) is 19.3 Å². The van der Waals surface area contributed by atoms with Crippen molar-refractivity contribution in [3.05, 3.63) is 89.5 Å². The number of rotatable bonds is 12. The number of ether oxygens (including phenoxy) is 3. The quantitative estimate of drug-likeness (QED) is 0.184. The molecule has 0 bridgehead atoms. The van der Waals surface area contributed by atoms with Crippen molar-refractivity contribution in [1.82, 2.24) is 15.0 Å². The fourth-order valence-corrected chi connectivity index (χ4v) is 4.27. The van der Waals surface area contributed by atoms with Crippen molar-refractivity contribution in [1.29, 1.82) is 0 Å². The van der Waals surface area contributed by atoms with Gasteiger partial charge in [-0.3, -0.25) is 0 Å². The molecule has 1 heterocycles. The lowest BCUT2D eigenvalue weighted by atomic mass is 10.0. The first kappa shape index (κ1) is 28.1. The molecule has 0 aliphatic carbocycles. The summed E-state index contributed by atoms with van der Waals surface area (Å²) in [5.74, 6) is 3.63. The van der Waals surface area contributed by atoms with Gasteiger partial charge in [-0.1, -0.05) is 77.9 Å². The van der Waals surface area contributed by atoms with Crippen LogP contribution in [0.2, 0.25) is 0 Å². The van der Waals surface area contributed by atoms with E-state index in [9.17, 15) is 0 Å². The molecule has 0 atom stereocenters. The largest absolute Gasteiger partial charge is 0.424 e. The molecule has 0 unspecified atom stereocenters. The van der Waals surface area contributed by atoms with Gasteiger partial charge >= 0.3 is 18.0 Å². The maximum atomic E-state index is 6.00. The van der Waals surface area contributed by atoms with Crippen LogP contribution in [0.15, 0.2) is 72.8 Å². The Balaban J connectivity index is 1.56. The molecule has 4 aromatic rings. The molecule has 6 nitrogen and oxygen atoms in total. The van der Waals surface area contributed by atoms with Crippen molar-refractivity contribution >= 4 is 0 Å². The molecule has 0 saturated carbocycles. The topological polar surface area (TPSA) is 66.4 Å². The molecule has 0 aliphatic rings. The van der Waals surface area contributed by atoms with Crippen LogP contribution in [0.4, 0.5) is 0 Å². The highest BCUT2D eigenvalue weighted by Gasteiger charge is 2.14. The number of benzene rings is 3. The third-order valence-electron chi connectivity index (χ3n) is 5.90. The predicted molar refractivity (Wildman–Crippen MR) is 155 cm³/mol. The normalized spacial score (nSPS) is 11.3. The van der Waals surface area contributed by atoms with Crippen LogP contribution in [0.3, 0.4) is 0 Å². The highest BCUT2D eigenvalue weighted by molar-refractivity contribution is 5.33. The van der Waals surface area contributed by atoms with E-state index in [0.29, 0.717) is 35.0 Å². The summed E-state index contributed by atoms with van der Waals surface area (Å²) in [6, 6.07) is 24.2. The smallest absolute Gasteiger partial charge is 0.331 e. The Bertz CT molecular complexity index is 1140. The summed E-state index contributed by atoms with van der Waals surface area (Å²) in [5.41, 5.74) is 3.76. The van der Waals surface area contributed by atoms with Crippen molar-refractivity contribution < 1.29 is 14.2 Å². The van der Waals surface area contributed by atoms with E-state index in [2.05, 4.69) is 92.9 Å². The van der Waals surface area contributed by atoms with Crippen LogP contribution in [0, 0.1) is 17.8 Å². The lowest BCUT2D eigenvalue weighted by Crippen LogP contribution is -2.02. The van der Waals surface area contributed by atoms with Gasteiger partial charge in [0.15, 0.2) is 0 Å². The number of aromatic nitrogens is 3. The molecule has 0 amide bonds. The van der Waals surface area contributed by atoms with Gasteiger partial charge in [0.2, 0.25) is 0 Å². The van der Waals surface area contributed by atoms with Gasteiger partial charge < -0.3 is 14.2 Å². The maximum Gasteiger partial charge on any atom is 0.331 e. The van der Waals surface area contributed by atoms with Crippen molar-refractivity contribution in [3.63, 3.8) is 0 Å². The summed E-state index contributed by atoms with van der Waals surface area (Å²) in [5, 5.41) is 0. The van der Waals surface area contributed by atoms with Crippen molar-refractivity contribution in [2.75, 3.05) is 0 Å². The van der Waals surface area contributed by atoms with Gasteiger partial charge in [0.1, 0.15) is 17.2 Å². The number of nitrogens with zero attached hydrogens (tertiary/aromatic N) is 3. The molecule has 0 N–H and O–H groups in total. The van der Waals surface area contributed by atoms with Crippen LogP contribution >= 0.6 is 0 Å². The van der Waals surface area contributed by atoms with Gasteiger partial charge in [-0.15, -0.1) is 15.0 Å². The summed E-state index contributed by atoms with van der Waals surface area (Å²) in [6.45, 7) is 13.2. The summed E-state index contributed by atoms with van der Waals surface area (Å²) in [4.78, 5) is 13.2. The summed E-state index contributed by atoms with van der Waals surface area (Å²) in [6.07, 6.45) is 3.02. The highest BCUT2D eigenvalue weighted by atomic mass is 16.5. The third-order valence-corrected chi connectivity index (χ3v) is 5.90. The molecule has 3 aromatic carbocycles. The standard InChI is InChI=1S/C33H39N3O3/c1-22(2)19-25-7-13-28(14-8-25)37-31-34-32(38-29-15-9-26(10-16-29)20-23(3)4)36-33(35-31)39-30-17-11-27(12-18-30)21-24(5)6/h7-18,22-24H,19-21H2,1-6H3. The number of hydrogen-bond acceptors (Lipinski definition) is 6. The van der Waals surface area contributed by atoms with E-state index in [1.54, 1.807) is 0 Å². The van der Waals surface area contributed by atoms with Crippen molar-refractivity contribution in [2.24, 2.45) is 17.8 Å². The molecule has 39 heavy (non-hydrogen) atoms. The molecule has 6 heteroatoms. The molecule has 4 rings (SSSR count). The average Bonchev–Trinajstić information content (AvgIpc) is 2.87. The lowest BCUT2D eigenvalue weighted by molar-refractivity contribution is 0.362. The molecule has 0 spiro atoms. The zero-order valence-corrected chi connectivity index (χ0v) is 23.8. The van der Waals surface area contributed by atoms with Gasteiger partial charge in [-0.25, -0.2) is 0 Å². The van der Waals surface area contributed by atoms with Gasteiger partial charge in [-0.05, 0) is 90.1 Å². The Hall–Kier alpha value is -3.93. The second-order valence-electron chi connectivity index (χ2n) is 11.2. The molecule has 0 aliphatic heterocycles. The third kappa shape index (κ3) is 9.10. The predicted octanol–water partition coefficient (Wildman–Crippen LogP) is 8.84. The van der Waals surface area contributed by atoms with Crippen LogP contribution in [0.25, 0.3) is 0 Å². The summed E-state index contributed by atoms with van der Waals surface area (Å²) in [7, 11) is 0. The van der Waals surface area contributed by atoms with Crippen LogP contribution < -0.4 is 14.2 Å². The highest BCUT2D eigenvalue weighted by Crippen LogP contribution is 2.28. The minimum Gasteiger partial charge on any atom is -0.424 e. The van der Waals surface area contributed by atoms with Crippen LogP contribution in [-0.4, -0.2) is 15.0 Å². The van der Waals surface area contributed by atoms with E-state index in [1.165, 1.54) is 16.7 Å². The van der Waals surface area contributed by atoms with E-state index >= 15 is 0 Å². The monoisotopic (exact) mass is 525 g/mol. The molecule has 0 fully saturated rings. The number of hydrogen-bond donors (Lipinski definition) is 0. The van der Waals surface area contributed by atoms with Crippen LogP contribution in [-0.2, 0) is 19.3 Å². The van der Waals surface area contributed by atoms with Gasteiger partial charge in [-0.2, -0.15) is 0 Å². The lowest BCUT2D eigenvalue weighted by Gasteiger charge is -2.11. The van der Waals surface area contributed by atoms with E-state index < -0.39 is 0 Å². The fourth-order valence-electron chi connectivity index (χ4n) is 4.27. The van der Waals surface area contributed by atoms with Gasteiger partial charge in [0.05, 0.1) is 0 Å². The average molecular weight is 526 g/mol. The van der Waals surface area contributed by atoms with Gasteiger partial charge in [0, 0.05) is 0 Å². The first-order chi connectivity index (χ1) is 18.7. The Morgan fingerprint density at radius 3 is 0.846 bits per heavy atom. The zero-order chi connectivity index (χ0) is 27.8. The summed E-state index contributed by atoms with van der Waals surface area (Å²) < 4.78 is 18.0. The SMILES string of the molecule is CC(C)Cc1ccc(Oc2nc(Oc3ccc(CC(C)C)cc3)nc(Oc3ccc(CC(C)C)cc3)n2)cc1. The zero-order valence-electron chi connectivity index (χ0n) is 23.8.